The molecular weight excluding hydrogens is 673 g/mol. The number of aromatic hydroxyl groups is 1. The Hall–Kier alpha value is -4.50. The van der Waals surface area contributed by atoms with Crippen molar-refractivity contribution in [3.05, 3.63) is 62.4 Å². The van der Waals surface area contributed by atoms with E-state index in [0.29, 0.717) is 47.7 Å². The molecule has 3 heterocycles. The largest absolute Gasteiger partial charge is 0.494 e. The van der Waals surface area contributed by atoms with Crippen LogP contribution in [0.5, 0.6) is 17.4 Å². The van der Waals surface area contributed by atoms with Gasteiger partial charge in [0.15, 0.2) is 12.5 Å². The molecule has 5 rings (SSSR count). The number of rotatable bonds is 8. The molecule has 12 nitrogen and oxygen atoms in total. The lowest BCUT2D eigenvalue weighted by Crippen LogP contribution is -2.37. The van der Waals surface area contributed by atoms with E-state index in [1.54, 1.807) is 30.7 Å². The number of carbonyl (C=O) groups is 2. The van der Waals surface area contributed by atoms with Crippen LogP contribution in [0.4, 0.5) is 13.2 Å². The van der Waals surface area contributed by atoms with Crippen LogP contribution in [-0.2, 0) is 32.2 Å². The number of ether oxygens (including phenoxy) is 4. The van der Waals surface area contributed by atoms with Crippen LogP contribution in [-0.4, -0.2) is 73.1 Å². The van der Waals surface area contributed by atoms with Gasteiger partial charge in [-0.25, -0.2) is 4.68 Å². The Kier molecular flexibility index (Phi) is 15.0. The summed E-state index contributed by atoms with van der Waals surface area (Å²) in [6.07, 6.45) is -0.0206. The van der Waals surface area contributed by atoms with Gasteiger partial charge in [0.1, 0.15) is 17.1 Å². The number of methoxy groups -OCH3 is 2. The number of nitrogens with zero attached hydrogens (tertiary/aromatic N) is 2. The van der Waals surface area contributed by atoms with E-state index in [0.717, 1.165) is 37.1 Å². The standard InChI is InChI=1S/C17H19F3N2O3.C15H20O5.C4H10N2/c1-10-7-12(25-9-17(18,19)20)8-11(2)13(10)14-15(23)21-5-3-4-6-22(21)16(14)24;1-6-20-11-7-9(2)12(10(3)8-11)13(14(16)18-4)15(17)19-5;1-2-4-6-5-3-1/h7-8,23H,3-6,9H2,1-2H3;7-8,13H,6H2,1-5H3;5-6H,1-4H2. The summed E-state index contributed by atoms with van der Waals surface area (Å²) in [6.45, 7) is 11.5. The lowest BCUT2D eigenvalue weighted by molar-refractivity contribution is -0.155. The molecule has 1 fully saturated rings. The van der Waals surface area contributed by atoms with Gasteiger partial charge in [-0.15, -0.1) is 0 Å². The zero-order valence-electron chi connectivity index (χ0n) is 30.3. The summed E-state index contributed by atoms with van der Waals surface area (Å²) in [7, 11) is 2.50. The Morgan fingerprint density at radius 1 is 0.784 bits per heavy atom. The zero-order chi connectivity index (χ0) is 37.9. The van der Waals surface area contributed by atoms with E-state index in [1.165, 1.54) is 43.9 Å². The zero-order valence-corrected chi connectivity index (χ0v) is 30.3. The Balaban J connectivity index is 0.000000241. The van der Waals surface area contributed by atoms with Crippen LogP contribution in [0.2, 0.25) is 0 Å². The van der Waals surface area contributed by atoms with Crippen LogP contribution in [0, 0.1) is 27.7 Å². The second-order valence-corrected chi connectivity index (χ2v) is 12.2. The maximum absolute atomic E-state index is 12.7. The number of esters is 2. The van der Waals surface area contributed by atoms with Crippen molar-refractivity contribution in [1.29, 1.82) is 0 Å². The van der Waals surface area contributed by atoms with Gasteiger partial charge in [0.05, 0.1) is 20.8 Å². The minimum absolute atomic E-state index is 0.0830. The molecule has 1 saturated heterocycles. The molecule has 0 aliphatic carbocycles. The van der Waals surface area contributed by atoms with Crippen LogP contribution in [0.15, 0.2) is 29.1 Å². The number of alkyl halides is 3. The molecule has 0 unspecified atom stereocenters. The third kappa shape index (κ3) is 10.7. The van der Waals surface area contributed by atoms with E-state index in [9.17, 15) is 32.7 Å². The van der Waals surface area contributed by atoms with Crippen LogP contribution >= 0.6 is 0 Å². The highest BCUT2D eigenvalue weighted by atomic mass is 19.4. The number of fused-ring (bicyclic) bond motifs is 1. The van der Waals surface area contributed by atoms with Gasteiger partial charge in [-0.05, 0) is 118 Å². The number of nitrogens with one attached hydrogen (secondary N) is 2. The van der Waals surface area contributed by atoms with Crippen LogP contribution < -0.4 is 25.9 Å². The first-order valence-electron chi connectivity index (χ1n) is 16.8. The molecule has 51 heavy (non-hydrogen) atoms. The first kappa shape index (κ1) is 40.9. The number of aryl methyl sites for hydroxylation is 4. The molecule has 3 N–H and O–H groups in total. The fraction of sp³-hybridized carbons (Fsp3) is 0.528. The SMILES string of the molecule is C1CCNNC1.CCOc1cc(C)c(C(C(=O)OC)C(=O)OC)c(C)c1.Cc1cc(OCC(F)(F)F)cc(C)c1-c1c(O)n2n(c1=O)CCCC2. The van der Waals surface area contributed by atoms with Gasteiger partial charge in [-0.2, -0.15) is 13.2 Å². The minimum atomic E-state index is -4.42. The van der Waals surface area contributed by atoms with Crippen molar-refractivity contribution in [3.8, 4) is 28.5 Å². The molecule has 2 aromatic carbocycles. The number of halogens is 3. The maximum atomic E-state index is 12.7. The summed E-state index contributed by atoms with van der Waals surface area (Å²) < 4.78 is 59.7. The monoisotopic (exact) mass is 722 g/mol. The van der Waals surface area contributed by atoms with Crippen LogP contribution in [0.3, 0.4) is 0 Å². The fourth-order valence-corrected chi connectivity index (χ4v) is 6.15. The molecule has 0 spiro atoms. The number of carbonyl (C=O) groups excluding carboxylic acids is 2. The molecule has 15 heteroatoms. The smallest absolute Gasteiger partial charge is 0.422 e. The first-order chi connectivity index (χ1) is 24.1. The molecule has 0 atom stereocenters. The molecule has 0 saturated carbocycles. The number of hydrogen-bond donors (Lipinski definition) is 3. The second-order valence-electron chi connectivity index (χ2n) is 12.2. The van der Waals surface area contributed by atoms with Crippen LogP contribution in [0.25, 0.3) is 11.1 Å². The Morgan fingerprint density at radius 2 is 1.25 bits per heavy atom. The van der Waals surface area contributed by atoms with E-state index >= 15 is 0 Å². The van der Waals surface area contributed by atoms with E-state index in [4.69, 9.17) is 18.9 Å². The van der Waals surface area contributed by atoms with Crippen molar-refractivity contribution in [2.75, 3.05) is 40.5 Å². The fourth-order valence-electron chi connectivity index (χ4n) is 6.15. The highest BCUT2D eigenvalue weighted by Gasteiger charge is 2.33. The third-order valence-corrected chi connectivity index (χ3v) is 8.38. The average molecular weight is 723 g/mol. The minimum Gasteiger partial charge on any atom is -0.494 e. The highest BCUT2D eigenvalue weighted by Crippen LogP contribution is 2.36. The molecule has 0 radical (unpaired) electrons. The molecule has 282 valence electrons. The van der Waals surface area contributed by atoms with Gasteiger partial charge < -0.3 is 24.1 Å². The predicted octanol–water partition coefficient (Wildman–Crippen LogP) is 5.38. The summed E-state index contributed by atoms with van der Waals surface area (Å²) in [5.41, 5.74) is 9.85. The number of benzene rings is 2. The molecule has 3 aromatic rings. The summed E-state index contributed by atoms with van der Waals surface area (Å²) in [6, 6.07) is 6.50. The quantitative estimate of drug-likeness (QED) is 0.205. The van der Waals surface area contributed by atoms with Gasteiger partial charge >= 0.3 is 18.1 Å². The predicted molar refractivity (Wildman–Crippen MR) is 185 cm³/mol. The molecule has 2 aliphatic rings. The van der Waals surface area contributed by atoms with Crippen LogP contribution in [0.1, 0.15) is 66.3 Å². The maximum Gasteiger partial charge on any atom is 0.422 e. The van der Waals surface area contributed by atoms with E-state index < -0.39 is 30.6 Å². The molecule has 2 aliphatic heterocycles. The molecular formula is C36H49F3N4O8. The van der Waals surface area contributed by atoms with Gasteiger partial charge in [-0.1, -0.05) is 0 Å². The van der Waals surface area contributed by atoms with Crippen molar-refractivity contribution < 1.29 is 46.8 Å². The van der Waals surface area contributed by atoms with Gasteiger partial charge in [0.25, 0.3) is 5.56 Å². The van der Waals surface area contributed by atoms with Crippen molar-refractivity contribution in [3.63, 3.8) is 0 Å². The number of hydrazine groups is 1. The van der Waals surface area contributed by atoms with Gasteiger partial charge in [0, 0.05) is 26.2 Å². The van der Waals surface area contributed by atoms with E-state index in [2.05, 4.69) is 10.9 Å². The highest BCUT2D eigenvalue weighted by molar-refractivity contribution is 6.01. The van der Waals surface area contributed by atoms with Crippen molar-refractivity contribution >= 4 is 11.9 Å². The second kappa shape index (κ2) is 18.7. The molecule has 0 bridgehead atoms. The topological polar surface area (TPSA) is 142 Å². The molecule has 1 aromatic heterocycles. The average Bonchev–Trinajstić information content (AvgIpc) is 3.34. The van der Waals surface area contributed by atoms with E-state index in [1.807, 2.05) is 20.8 Å². The van der Waals surface area contributed by atoms with Crippen molar-refractivity contribution in [1.82, 2.24) is 20.2 Å². The van der Waals surface area contributed by atoms with Gasteiger partial charge in [0.2, 0.25) is 5.88 Å². The Bertz CT molecular complexity index is 1640. The number of aromatic nitrogens is 2. The Morgan fingerprint density at radius 3 is 1.67 bits per heavy atom. The lowest BCUT2D eigenvalue weighted by Gasteiger charge is -2.18. The normalized spacial score (nSPS) is 13.9. The first-order valence-corrected chi connectivity index (χ1v) is 16.8. The molecule has 0 amide bonds. The van der Waals surface area contributed by atoms with Crippen molar-refractivity contribution in [2.24, 2.45) is 0 Å². The summed E-state index contributed by atoms with van der Waals surface area (Å²) in [4.78, 5) is 36.4. The van der Waals surface area contributed by atoms with Gasteiger partial charge in [-0.3, -0.25) is 29.9 Å². The summed E-state index contributed by atoms with van der Waals surface area (Å²) in [5.74, 6) is -1.64. The van der Waals surface area contributed by atoms with Crippen molar-refractivity contribution in [2.45, 2.75) is 85.5 Å². The van der Waals surface area contributed by atoms with E-state index in [-0.39, 0.29) is 22.8 Å². The summed E-state index contributed by atoms with van der Waals surface area (Å²) in [5, 5.41) is 10.5. The summed E-state index contributed by atoms with van der Waals surface area (Å²) >= 11 is 0. The Labute approximate surface area is 295 Å². The number of hydrogen-bond acceptors (Lipinski definition) is 10. The third-order valence-electron chi connectivity index (χ3n) is 8.38. The lowest BCUT2D eigenvalue weighted by atomic mass is 9.90.